The summed E-state index contributed by atoms with van der Waals surface area (Å²) in [6.45, 7) is 7.70. The third-order valence-corrected chi connectivity index (χ3v) is 19.4. The highest BCUT2D eigenvalue weighted by molar-refractivity contribution is 5.98. The molecule has 0 radical (unpaired) electrons. The molecule has 6 aromatic rings. The van der Waals surface area contributed by atoms with Crippen LogP contribution >= 0.6 is 0 Å². The molecule has 0 aliphatic rings. The Kier molecular flexibility index (Phi) is 51.1. The molecule has 0 heterocycles. The van der Waals surface area contributed by atoms with E-state index in [1.165, 1.54) is 70.0 Å². The first kappa shape index (κ1) is 104. The Morgan fingerprint density at radius 2 is 0.613 bits per heavy atom. The Labute approximate surface area is 723 Å². The van der Waals surface area contributed by atoms with Crippen LogP contribution in [-0.2, 0) is 139 Å². The van der Waals surface area contributed by atoms with Crippen molar-refractivity contribution in [2.45, 2.75) is 193 Å². The van der Waals surface area contributed by atoms with Gasteiger partial charge in [0.1, 0.15) is 42.1 Å². The van der Waals surface area contributed by atoms with Gasteiger partial charge in [0.25, 0.3) is 0 Å². The Bertz CT molecular complexity index is 4290. The monoisotopic (exact) mass is 1720 g/mol. The molecule has 6 aromatic carbocycles. The number of aromatic hydroxyl groups is 2. The minimum atomic E-state index is -1.21. The zero-order valence-electron chi connectivity index (χ0n) is 71.4. The van der Waals surface area contributed by atoms with Gasteiger partial charge in [-0.05, 0) is 150 Å². The number of benzene rings is 6. The highest BCUT2D eigenvalue weighted by atomic mass is 16.5. The number of phenolic OH excluding ortho intramolecular Hbond substituents is 2. The molecule has 31 nitrogen and oxygen atoms in total. The zero-order valence-corrected chi connectivity index (χ0v) is 71.4. The van der Waals surface area contributed by atoms with E-state index in [1.807, 2.05) is 54.6 Å². The van der Waals surface area contributed by atoms with Gasteiger partial charge in [0.05, 0.1) is 50.6 Å². The van der Waals surface area contributed by atoms with E-state index >= 15 is 0 Å². The van der Waals surface area contributed by atoms with Crippen molar-refractivity contribution in [3.05, 3.63) is 203 Å². The fraction of sp³-hybridized carbons (Fsp3) is 0.452. The lowest BCUT2D eigenvalue weighted by Crippen LogP contribution is -2.48. The Balaban J connectivity index is 0.000000508. The van der Waals surface area contributed by atoms with Gasteiger partial charge in [-0.1, -0.05) is 146 Å². The molecule has 0 spiro atoms. The summed E-state index contributed by atoms with van der Waals surface area (Å²) in [7, 11) is 3.07. The average molecular weight is 1720 g/mol. The van der Waals surface area contributed by atoms with Crippen LogP contribution in [0.4, 0.5) is 0 Å². The van der Waals surface area contributed by atoms with Gasteiger partial charge in [0.15, 0.2) is 23.1 Å². The van der Waals surface area contributed by atoms with Crippen LogP contribution in [0.1, 0.15) is 164 Å². The van der Waals surface area contributed by atoms with Crippen LogP contribution in [0, 0.1) is 23.7 Å². The van der Waals surface area contributed by atoms with Crippen LogP contribution in [0.2, 0.25) is 0 Å². The molecule has 10 N–H and O–H groups in total. The maximum atomic E-state index is 14.5. The molecule has 672 valence electrons. The Hall–Kier alpha value is -11.9. The second-order valence-corrected chi connectivity index (χ2v) is 30.1. The van der Waals surface area contributed by atoms with E-state index in [9.17, 15) is 82.1 Å². The van der Waals surface area contributed by atoms with E-state index in [0.717, 1.165) is 16.7 Å². The van der Waals surface area contributed by atoms with E-state index in [0.29, 0.717) is 56.0 Å². The number of carbonyl (C=O) groups excluding carboxylic acids is 15. The summed E-state index contributed by atoms with van der Waals surface area (Å²) in [5.74, 6) is -11.6. The second-order valence-electron chi connectivity index (χ2n) is 30.1. The molecule has 0 aliphatic carbocycles. The number of hydroxylamine groups is 2. The second kappa shape index (κ2) is 60.6. The highest BCUT2D eigenvalue weighted by Crippen LogP contribution is 2.25. The topological polar surface area (TPSA) is 465 Å². The van der Waals surface area contributed by atoms with Crippen LogP contribution in [0.15, 0.2) is 170 Å². The molecule has 6 amide bonds. The van der Waals surface area contributed by atoms with Gasteiger partial charge < -0.3 is 74.3 Å². The molecule has 0 aliphatic heterocycles. The van der Waals surface area contributed by atoms with Gasteiger partial charge in [-0.3, -0.25) is 67.9 Å². The lowest BCUT2D eigenvalue weighted by Gasteiger charge is -2.25. The van der Waals surface area contributed by atoms with Gasteiger partial charge in [-0.15, -0.1) is 0 Å². The molecule has 124 heavy (non-hydrogen) atoms. The predicted molar refractivity (Wildman–Crippen MR) is 455 cm³/mol. The summed E-state index contributed by atoms with van der Waals surface area (Å²) in [6.07, 6.45) is -1.88. The van der Waals surface area contributed by atoms with Crippen molar-refractivity contribution in [3.8, 4) is 11.5 Å². The minimum absolute atomic E-state index is 0.00163. The largest absolute Gasteiger partial charge is 0.508 e. The van der Waals surface area contributed by atoms with Crippen molar-refractivity contribution in [1.29, 1.82) is 0 Å². The van der Waals surface area contributed by atoms with Crippen molar-refractivity contribution >= 4 is 87.9 Å². The smallest absolute Gasteiger partial charge is 0.306 e. The van der Waals surface area contributed by atoms with Gasteiger partial charge >= 0.3 is 11.9 Å². The molecule has 0 aromatic heterocycles. The van der Waals surface area contributed by atoms with E-state index < -0.39 is 125 Å². The summed E-state index contributed by atoms with van der Waals surface area (Å²) in [6, 6.07) is 43.7. The maximum Gasteiger partial charge on any atom is 0.306 e. The number of rotatable bonds is 58. The highest BCUT2D eigenvalue weighted by Gasteiger charge is 2.36. The van der Waals surface area contributed by atoms with Crippen LogP contribution in [0.3, 0.4) is 0 Å². The molecule has 31 heteroatoms. The van der Waals surface area contributed by atoms with Crippen LogP contribution in [0.5, 0.6) is 11.5 Å². The number of ether oxygens (including phenoxy) is 6. The van der Waals surface area contributed by atoms with E-state index in [1.54, 1.807) is 98.1 Å². The number of esters is 2. The number of Topliss-reactive ketones (excluding diaryl/α,β-unsaturated/α-hetero) is 7. The maximum absolute atomic E-state index is 14.5. The van der Waals surface area contributed by atoms with E-state index in [4.69, 9.17) is 38.8 Å². The fourth-order valence-corrected chi connectivity index (χ4v) is 12.8. The SMILES string of the molecule is CC(C)=O.COCCOCCCC(=O)[C@@H](CCC(=O)NO)NC(=O)[C@H](CCC(=O)NO)CC(=O)[C@@H](Cc1ccccc1)NC(=O)[C@@H](CC(C)=O)Cc1ccc(O)cc1.COCCOCCCC(=O)[C@@H](CCC(=O)OCc1ccccc1)NC(=O)[C@H](CCC(=O)OCc1ccccc1)CC(=O)[C@@H](Cc1ccccc1)NC(=O)[C@@H](CC(C)=O)Cc1ccc(O)cc1. The van der Waals surface area contributed by atoms with Gasteiger partial charge in [-0.2, -0.15) is 0 Å². The van der Waals surface area contributed by atoms with Crippen LogP contribution in [0.25, 0.3) is 0 Å². The molecule has 0 fully saturated rings. The summed E-state index contributed by atoms with van der Waals surface area (Å²) < 4.78 is 31.8. The molecule has 0 saturated carbocycles. The summed E-state index contributed by atoms with van der Waals surface area (Å²) in [5.41, 5.74) is 7.30. The number of amides is 6. The lowest BCUT2D eigenvalue weighted by atomic mass is 9.89. The molecular formula is C93H120N6O25. The molecule has 8 atom stereocenters. The minimum Gasteiger partial charge on any atom is -0.508 e. The molecule has 6 rings (SSSR count). The average Bonchev–Trinajstić information content (AvgIpc) is 0.850. The summed E-state index contributed by atoms with van der Waals surface area (Å²) in [4.78, 5) is 195. The van der Waals surface area contributed by atoms with Gasteiger partial charge in [0.2, 0.25) is 35.4 Å². The van der Waals surface area contributed by atoms with Crippen molar-refractivity contribution < 1.29 is 121 Å². The third-order valence-electron chi connectivity index (χ3n) is 19.4. The standard InChI is InChI=1S/C52H62N2O12.C38H52N4O12.C3H6O/c1-37(55)31-43(32-39-20-23-44(56)24-21-39)52(62)54-46(33-38-13-6-3-7-14-38)48(58)34-42(22-26-49(59)65-35-40-15-8-4-9-16-40)51(61)53-45(47(57)19-12-28-64-30-29-63-2)25-27-50(60)66-36-41-17-10-5-11-18-41;1-25(43)21-29(22-27-10-13-30(44)14-11-27)38(50)40-32(23-26-7-4-3-5-8-26)34(46)24-28(12-16-35(47)41-51)37(49)39-31(15-17-36(48)42-52)33(45)9-6-18-54-20-19-53-2;1-3(2)4/h3-11,13-18,20-21,23-24,42-43,45-46,56H,12,19,22,25-36H2,1-2H3,(H,53,61)(H,54,62);3-5,7-8,10-11,13-14,28-29,31-32,44,51-52H,6,9,12,15-24H2,1-2H3,(H,39,49)(H,40,50)(H,41,47)(H,42,48);1-2H3/t42-,43+,45-,46-;28-,29+,31-,32-;/m11./s1. The van der Waals surface area contributed by atoms with Crippen LogP contribution < -0.4 is 32.2 Å². The molecule has 0 unspecified atom stereocenters. The van der Waals surface area contributed by atoms with Crippen molar-refractivity contribution in [2.75, 3.05) is 53.9 Å². The Morgan fingerprint density at radius 1 is 0.315 bits per heavy atom. The zero-order chi connectivity index (χ0) is 91.0. The number of hydrogen-bond acceptors (Lipinski definition) is 25. The number of ketones is 7. The van der Waals surface area contributed by atoms with Gasteiger partial charge in [-0.25, -0.2) is 11.0 Å². The third kappa shape index (κ3) is 45.3. The van der Waals surface area contributed by atoms with Crippen molar-refractivity contribution in [3.63, 3.8) is 0 Å². The fourth-order valence-electron chi connectivity index (χ4n) is 12.8. The summed E-state index contributed by atoms with van der Waals surface area (Å²) >= 11 is 0. The van der Waals surface area contributed by atoms with Crippen LogP contribution in [-0.4, -0.2) is 187 Å². The number of methoxy groups -OCH3 is 2. The van der Waals surface area contributed by atoms with Crippen molar-refractivity contribution in [1.82, 2.24) is 32.2 Å². The van der Waals surface area contributed by atoms with E-state index in [-0.39, 0.29) is 164 Å². The van der Waals surface area contributed by atoms with Gasteiger partial charge in [0, 0.05) is 115 Å². The number of nitrogens with one attached hydrogen (secondary N) is 6. The Morgan fingerprint density at radius 3 is 0.952 bits per heavy atom. The molecular weight excluding hydrogens is 1600 g/mol. The molecule has 0 bridgehead atoms. The predicted octanol–water partition coefficient (Wildman–Crippen LogP) is 8.87. The first-order valence-corrected chi connectivity index (χ1v) is 41.3. The number of hydrogen-bond donors (Lipinski definition) is 10. The first-order chi connectivity index (χ1) is 59.5. The quantitative estimate of drug-likeness (QED) is 0.00737. The van der Waals surface area contributed by atoms with Crippen molar-refractivity contribution in [2.24, 2.45) is 23.7 Å². The van der Waals surface area contributed by atoms with E-state index in [2.05, 4.69) is 21.3 Å². The molecule has 0 saturated heterocycles. The first-order valence-electron chi connectivity index (χ1n) is 41.3. The number of phenols is 2. The number of carbonyl (C=O) groups is 15. The normalized spacial score (nSPS) is 12.7. The summed E-state index contributed by atoms with van der Waals surface area (Å²) in [5, 5.41) is 48.6. The lowest BCUT2D eigenvalue weighted by molar-refractivity contribution is -0.147.